The van der Waals surface area contributed by atoms with Crippen molar-refractivity contribution in [2.75, 3.05) is 6.61 Å². The molecule has 0 aliphatic carbocycles. The molecular weight excluding hydrogens is 164 g/mol. The van der Waals surface area contributed by atoms with E-state index in [0.717, 1.165) is 18.3 Å². The smallest absolute Gasteiger partial charge is 0.153 e. The molecule has 1 aromatic carbocycles. The molecule has 0 unspecified atom stereocenters. The van der Waals surface area contributed by atoms with Gasteiger partial charge in [-0.3, -0.25) is 4.79 Å². The number of ether oxygens (including phenoxy) is 1. The molecule has 0 amide bonds. The second kappa shape index (κ2) is 4.65. The highest BCUT2D eigenvalue weighted by Crippen LogP contribution is 2.18. The zero-order valence-electron chi connectivity index (χ0n) is 8.04. The van der Waals surface area contributed by atoms with Gasteiger partial charge in [-0.2, -0.15) is 0 Å². The highest BCUT2D eigenvalue weighted by Gasteiger charge is 2.01. The predicted molar refractivity (Wildman–Crippen MR) is 52.4 cm³/mol. The Balaban J connectivity index is 2.86. The van der Waals surface area contributed by atoms with E-state index in [-0.39, 0.29) is 0 Å². The van der Waals surface area contributed by atoms with E-state index in [4.69, 9.17) is 4.74 Å². The Hall–Kier alpha value is -1.31. The summed E-state index contributed by atoms with van der Waals surface area (Å²) in [5.41, 5.74) is 1.71. The third-order valence-corrected chi connectivity index (χ3v) is 1.75. The molecular formula is C11H14O2. The van der Waals surface area contributed by atoms with Gasteiger partial charge in [-0.15, -0.1) is 0 Å². The molecule has 0 N–H and O–H groups in total. The van der Waals surface area contributed by atoms with Crippen molar-refractivity contribution < 1.29 is 9.53 Å². The van der Waals surface area contributed by atoms with Crippen molar-refractivity contribution in [2.24, 2.45) is 0 Å². The lowest BCUT2D eigenvalue weighted by Gasteiger charge is -2.07. The van der Waals surface area contributed by atoms with Crippen LogP contribution in [-0.4, -0.2) is 12.9 Å². The lowest BCUT2D eigenvalue weighted by atomic mass is 10.1. The van der Waals surface area contributed by atoms with E-state index in [0.29, 0.717) is 17.9 Å². The summed E-state index contributed by atoms with van der Waals surface area (Å²) in [6.07, 6.45) is 1.78. The van der Waals surface area contributed by atoms with Crippen LogP contribution in [0.25, 0.3) is 0 Å². The molecule has 0 atom stereocenters. The zero-order valence-corrected chi connectivity index (χ0v) is 8.04. The van der Waals surface area contributed by atoms with Gasteiger partial charge in [0.25, 0.3) is 0 Å². The van der Waals surface area contributed by atoms with Crippen LogP contribution in [0.2, 0.25) is 0 Å². The second-order valence-corrected chi connectivity index (χ2v) is 3.01. The first kappa shape index (κ1) is 9.78. The number of carbonyl (C=O) groups excluding carboxylic acids is 1. The largest absolute Gasteiger partial charge is 0.493 e. The molecule has 0 spiro atoms. The van der Waals surface area contributed by atoms with E-state index in [1.54, 1.807) is 0 Å². The van der Waals surface area contributed by atoms with Crippen molar-refractivity contribution in [1.29, 1.82) is 0 Å². The molecule has 2 heteroatoms. The van der Waals surface area contributed by atoms with E-state index in [9.17, 15) is 4.79 Å². The fourth-order valence-electron chi connectivity index (χ4n) is 1.10. The summed E-state index contributed by atoms with van der Waals surface area (Å²) >= 11 is 0. The van der Waals surface area contributed by atoms with Gasteiger partial charge in [-0.1, -0.05) is 18.6 Å². The number of benzene rings is 1. The van der Waals surface area contributed by atoms with Gasteiger partial charge in [-0.05, 0) is 25.5 Å². The molecule has 1 rings (SSSR count). The highest BCUT2D eigenvalue weighted by atomic mass is 16.5. The second-order valence-electron chi connectivity index (χ2n) is 3.01. The lowest BCUT2D eigenvalue weighted by molar-refractivity contribution is 0.111. The van der Waals surface area contributed by atoms with Crippen molar-refractivity contribution in [2.45, 2.75) is 20.3 Å². The minimum Gasteiger partial charge on any atom is -0.493 e. The Morgan fingerprint density at radius 2 is 2.23 bits per heavy atom. The SMILES string of the molecule is CCCOc1ccc(C)cc1C=O. The molecule has 0 aliphatic rings. The average Bonchev–Trinajstić information content (AvgIpc) is 2.16. The topological polar surface area (TPSA) is 26.3 Å². The standard InChI is InChI=1S/C11H14O2/c1-3-6-13-11-5-4-9(2)7-10(11)8-12/h4-5,7-8H,3,6H2,1-2H3. The van der Waals surface area contributed by atoms with Crippen LogP contribution < -0.4 is 4.74 Å². The number of hydrogen-bond donors (Lipinski definition) is 0. The van der Waals surface area contributed by atoms with Crippen LogP contribution in [-0.2, 0) is 0 Å². The quantitative estimate of drug-likeness (QED) is 0.662. The van der Waals surface area contributed by atoms with Gasteiger partial charge in [0.2, 0.25) is 0 Å². The number of carbonyl (C=O) groups is 1. The van der Waals surface area contributed by atoms with Crippen molar-refractivity contribution >= 4 is 6.29 Å². The summed E-state index contributed by atoms with van der Waals surface area (Å²) in [5, 5.41) is 0. The first-order chi connectivity index (χ1) is 6.27. The molecule has 0 saturated heterocycles. The molecule has 13 heavy (non-hydrogen) atoms. The molecule has 2 nitrogen and oxygen atoms in total. The molecule has 70 valence electrons. The van der Waals surface area contributed by atoms with Gasteiger partial charge in [0.05, 0.1) is 12.2 Å². The molecule has 0 fully saturated rings. The average molecular weight is 178 g/mol. The van der Waals surface area contributed by atoms with E-state index < -0.39 is 0 Å². The fraction of sp³-hybridized carbons (Fsp3) is 0.364. The summed E-state index contributed by atoms with van der Waals surface area (Å²) in [6, 6.07) is 5.62. The predicted octanol–water partition coefficient (Wildman–Crippen LogP) is 2.60. The minimum absolute atomic E-state index is 0.633. The van der Waals surface area contributed by atoms with Crippen LogP contribution in [0.4, 0.5) is 0 Å². The number of rotatable bonds is 4. The number of hydrogen-bond acceptors (Lipinski definition) is 2. The van der Waals surface area contributed by atoms with E-state index in [2.05, 4.69) is 0 Å². The summed E-state index contributed by atoms with van der Waals surface area (Å²) in [6.45, 7) is 4.65. The van der Waals surface area contributed by atoms with Gasteiger partial charge in [0.1, 0.15) is 5.75 Å². The summed E-state index contributed by atoms with van der Waals surface area (Å²) in [4.78, 5) is 10.7. The third-order valence-electron chi connectivity index (χ3n) is 1.75. The van der Waals surface area contributed by atoms with Gasteiger partial charge in [0.15, 0.2) is 6.29 Å². The van der Waals surface area contributed by atoms with Gasteiger partial charge in [0, 0.05) is 0 Å². The Labute approximate surface area is 78.5 Å². The number of aldehydes is 1. The molecule has 1 aromatic rings. The van der Waals surface area contributed by atoms with Crippen molar-refractivity contribution in [3.8, 4) is 5.75 Å². The first-order valence-corrected chi connectivity index (χ1v) is 4.46. The molecule has 0 saturated carbocycles. The molecule has 0 heterocycles. The maximum Gasteiger partial charge on any atom is 0.153 e. The van der Waals surface area contributed by atoms with Crippen molar-refractivity contribution in [3.05, 3.63) is 29.3 Å². The fourth-order valence-corrected chi connectivity index (χ4v) is 1.10. The molecule has 0 aliphatic heterocycles. The van der Waals surface area contributed by atoms with Crippen molar-refractivity contribution in [3.63, 3.8) is 0 Å². The van der Waals surface area contributed by atoms with E-state index in [1.165, 1.54) is 0 Å². The Bertz CT molecular complexity index is 292. The normalized spacial score (nSPS) is 9.69. The van der Waals surface area contributed by atoms with E-state index >= 15 is 0 Å². The summed E-state index contributed by atoms with van der Waals surface area (Å²) in [7, 11) is 0. The van der Waals surface area contributed by atoms with Gasteiger partial charge >= 0.3 is 0 Å². The minimum atomic E-state index is 0.633. The van der Waals surface area contributed by atoms with E-state index in [1.807, 2.05) is 32.0 Å². The van der Waals surface area contributed by atoms with Crippen LogP contribution in [0.1, 0.15) is 29.3 Å². The maximum absolute atomic E-state index is 10.7. The highest BCUT2D eigenvalue weighted by molar-refractivity contribution is 5.79. The Morgan fingerprint density at radius 1 is 1.46 bits per heavy atom. The maximum atomic E-state index is 10.7. The van der Waals surface area contributed by atoms with Crippen LogP contribution in [0.15, 0.2) is 18.2 Å². The van der Waals surface area contributed by atoms with Crippen LogP contribution >= 0.6 is 0 Å². The summed E-state index contributed by atoms with van der Waals surface area (Å²) < 4.78 is 5.40. The molecule has 0 bridgehead atoms. The van der Waals surface area contributed by atoms with Gasteiger partial charge in [-0.25, -0.2) is 0 Å². The van der Waals surface area contributed by atoms with Gasteiger partial charge < -0.3 is 4.74 Å². The molecule has 0 aromatic heterocycles. The van der Waals surface area contributed by atoms with Crippen molar-refractivity contribution in [1.82, 2.24) is 0 Å². The summed E-state index contributed by atoms with van der Waals surface area (Å²) in [5.74, 6) is 0.683. The lowest BCUT2D eigenvalue weighted by Crippen LogP contribution is -1.98. The zero-order chi connectivity index (χ0) is 9.68. The third kappa shape index (κ3) is 2.58. The van der Waals surface area contributed by atoms with Crippen LogP contribution in [0.5, 0.6) is 5.75 Å². The first-order valence-electron chi connectivity index (χ1n) is 4.46. The Kier molecular flexibility index (Phi) is 3.50. The van der Waals surface area contributed by atoms with Crippen LogP contribution in [0, 0.1) is 6.92 Å². The number of aryl methyl sites for hydroxylation is 1. The Morgan fingerprint density at radius 3 is 2.85 bits per heavy atom. The monoisotopic (exact) mass is 178 g/mol. The molecule has 0 radical (unpaired) electrons. The van der Waals surface area contributed by atoms with Crippen LogP contribution in [0.3, 0.4) is 0 Å².